The number of nitrogens with zero attached hydrogens (tertiary/aromatic N) is 2. The van der Waals surface area contributed by atoms with E-state index in [1.807, 2.05) is 36.4 Å². The zero-order chi connectivity index (χ0) is 21.8. The molecule has 4 nitrogen and oxygen atoms in total. The molecule has 3 aromatic rings. The normalized spacial score (nSPS) is 20.3. The van der Waals surface area contributed by atoms with E-state index in [1.165, 1.54) is 0 Å². The van der Waals surface area contributed by atoms with Crippen molar-refractivity contribution in [1.82, 2.24) is 4.90 Å². The molecule has 6 heteroatoms. The van der Waals surface area contributed by atoms with E-state index in [9.17, 15) is 10.1 Å². The maximum atomic E-state index is 13.4. The van der Waals surface area contributed by atoms with Gasteiger partial charge in [-0.1, -0.05) is 60.1 Å². The molecule has 3 aromatic carbocycles. The van der Waals surface area contributed by atoms with Gasteiger partial charge >= 0.3 is 0 Å². The molecule has 2 atom stereocenters. The number of hydrogen-bond acceptors (Lipinski definition) is 3. The number of ether oxygens (including phenoxy) is 1. The molecule has 0 aromatic heterocycles. The first-order valence-electron chi connectivity index (χ1n) is 9.92. The molecular weight excluding hydrogens is 431 g/mol. The van der Waals surface area contributed by atoms with Gasteiger partial charge in [0.25, 0.3) is 5.91 Å². The zero-order valence-corrected chi connectivity index (χ0v) is 18.2. The SMILES string of the molecule is N#CC1(c2cc(Cl)ccc2OCc2ccccc2)CC(Cl)CN1C(=O)c1ccccc1. The Morgan fingerprint density at radius 2 is 1.77 bits per heavy atom. The van der Waals surface area contributed by atoms with Crippen LogP contribution in [0.4, 0.5) is 0 Å². The largest absolute Gasteiger partial charge is 0.488 e. The highest BCUT2D eigenvalue weighted by Crippen LogP contribution is 2.45. The summed E-state index contributed by atoms with van der Waals surface area (Å²) in [6.45, 7) is 0.585. The Bertz CT molecular complexity index is 1120. The van der Waals surface area contributed by atoms with E-state index in [0.717, 1.165) is 5.56 Å². The number of rotatable bonds is 5. The second-order valence-electron chi connectivity index (χ2n) is 7.47. The van der Waals surface area contributed by atoms with Crippen LogP contribution in [-0.4, -0.2) is 22.7 Å². The number of carbonyl (C=O) groups is 1. The van der Waals surface area contributed by atoms with E-state index in [4.69, 9.17) is 27.9 Å². The minimum absolute atomic E-state index is 0.251. The van der Waals surface area contributed by atoms with Gasteiger partial charge in [-0.05, 0) is 35.9 Å². The molecule has 1 amide bonds. The van der Waals surface area contributed by atoms with Crippen molar-refractivity contribution in [3.63, 3.8) is 0 Å². The van der Waals surface area contributed by atoms with Crippen molar-refractivity contribution >= 4 is 29.1 Å². The summed E-state index contributed by atoms with van der Waals surface area (Å²) in [7, 11) is 0. The van der Waals surface area contributed by atoms with E-state index < -0.39 is 5.54 Å². The van der Waals surface area contributed by atoms with Gasteiger partial charge in [0, 0.05) is 29.1 Å². The number of halogens is 2. The third kappa shape index (κ3) is 4.25. The van der Waals surface area contributed by atoms with Crippen LogP contribution in [0.1, 0.15) is 27.9 Å². The van der Waals surface area contributed by atoms with Gasteiger partial charge in [-0.25, -0.2) is 0 Å². The lowest BCUT2D eigenvalue weighted by Gasteiger charge is -2.34. The van der Waals surface area contributed by atoms with Crippen LogP contribution in [0.2, 0.25) is 5.02 Å². The Labute approximate surface area is 191 Å². The number of nitriles is 1. The van der Waals surface area contributed by atoms with Crippen molar-refractivity contribution in [2.75, 3.05) is 6.54 Å². The molecule has 0 aliphatic carbocycles. The predicted molar refractivity (Wildman–Crippen MR) is 121 cm³/mol. The third-order valence-corrected chi connectivity index (χ3v) is 5.96. The van der Waals surface area contributed by atoms with E-state index >= 15 is 0 Å². The number of alkyl halides is 1. The summed E-state index contributed by atoms with van der Waals surface area (Å²) in [6, 6.07) is 26.2. The van der Waals surface area contributed by atoms with Crippen LogP contribution in [0.3, 0.4) is 0 Å². The molecule has 0 radical (unpaired) electrons. The van der Waals surface area contributed by atoms with Crippen molar-refractivity contribution in [3.05, 3.63) is 101 Å². The molecule has 0 saturated carbocycles. The van der Waals surface area contributed by atoms with Crippen molar-refractivity contribution in [2.24, 2.45) is 0 Å². The number of hydrogen-bond donors (Lipinski definition) is 0. The topological polar surface area (TPSA) is 53.3 Å². The standard InChI is InChI=1S/C25H20Cl2N2O2/c26-20-11-12-23(31-16-18-7-3-1-4-8-18)22(13-20)25(17-28)14-21(27)15-29(25)24(30)19-9-5-2-6-10-19/h1-13,21H,14-16H2. The van der Waals surface area contributed by atoms with E-state index in [2.05, 4.69) is 6.07 Å². The first-order valence-corrected chi connectivity index (χ1v) is 10.7. The first-order chi connectivity index (χ1) is 15.0. The molecule has 1 saturated heterocycles. The van der Waals surface area contributed by atoms with Crippen molar-refractivity contribution in [2.45, 2.75) is 23.9 Å². The second-order valence-corrected chi connectivity index (χ2v) is 8.52. The first kappa shape index (κ1) is 21.2. The number of amides is 1. The summed E-state index contributed by atoms with van der Waals surface area (Å²) < 4.78 is 6.10. The fourth-order valence-corrected chi connectivity index (χ4v) is 4.48. The maximum absolute atomic E-state index is 13.4. The van der Waals surface area contributed by atoms with Crippen LogP contribution in [0, 0.1) is 11.3 Å². The third-order valence-electron chi connectivity index (χ3n) is 5.43. The molecule has 0 N–H and O–H groups in total. The number of benzene rings is 3. The Hall–Kier alpha value is -3.00. The molecular formula is C25H20Cl2N2O2. The van der Waals surface area contributed by atoms with E-state index in [-0.39, 0.29) is 24.2 Å². The Balaban J connectivity index is 1.75. The molecule has 0 spiro atoms. The molecule has 1 heterocycles. The molecule has 31 heavy (non-hydrogen) atoms. The van der Waals surface area contributed by atoms with Crippen LogP contribution >= 0.6 is 23.2 Å². The maximum Gasteiger partial charge on any atom is 0.255 e. The minimum Gasteiger partial charge on any atom is -0.488 e. The quantitative estimate of drug-likeness (QED) is 0.462. The monoisotopic (exact) mass is 450 g/mol. The van der Waals surface area contributed by atoms with Crippen molar-refractivity contribution in [3.8, 4) is 11.8 Å². The summed E-state index contributed by atoms with van der Waals surface area (Å²) in [6.07, 6.45) is 0.283. The van der Waals surface area contributed by atoms with Crippen LogP contribution in [0.15, 0.2) is 78.9 Å². The molecule has 156 valence electrons. The Kier molecular flexibility index (Phi) is 6.18. The van der Waals surface area contributed by atoms with Gasteiger partial charge in [-0.15, -0.1) is 11.6 Å². The van der Waals surface area contributed by atoms with Gasteiger partial charge in [-0.3, -0.25) is 4.79 Å². The molecule has 4 rings (SSSR count). The van der Waals surface area contributed by atoms with Crippen LogP contribution in [0.25, 0.3) is 0 Å². The lowest BCUT2D eigenvalue weighted by atomic mass is 9.87. The molecule has 2 unspecified atom stereocenters. The molecule has 1 aliphatic heterocycles. The summed E-state index contributed by atoms with van der Waals surface area (Å²) in [4.78, 5) is 14.9. The highest BCUT2D eigenvalue weighted by molar-refractivity contribution is 6.30. The highest BCUT2D eigenvalue weighted by Gasteiger charge is 2.51. The average molecular weight is 451 g/mol. The minimum atomic E-state index is -1.28. The van der Waals surface area contributed by atoms with Gasteiger partial charge in [0.2, 0.25) is 0 Å². The molecule has 1 fully saturated rings. The zero-order valence-electron chi connectivity index (χ0n) is 16.7. The van der Waals surface area contributed by atoms with Gasteiger partial charge < -0.3 is 9.64 Å². The lowest BCUT2D eigenvalue weighted by molar-refractivity contribution is 0.0666. The molecule has 1 aliphatic rings. The predicted octanol–water partition coefficient (Wildman–Crippen LogP) is 5.79. The fourth-order valence-electron chi connectivity index (χ4n) is 3.95. The average Bonchev–Trinajstić information content (AvgIpc) is 3.16. The lowest BCUT2D eigenvalue weighted by Crippen LogP contribution is -2.44. The number of likely N-dealkylation sites (tertiary alicyclic amines) is 1. The second kappa shape index (κ2) is 9.01. The van der Waals surface area contributed by atoms with Gasteiger partial charge in [0.15, 0.2) is 5.54 Å². The van der Waals surface area contributed by atoms with Crippen LogP contribution in [0.5, 0.6) is 5.75 Å². The summed E-state index contributed by atoms with van der Waals surface area (Å²) in [5.41, 5.74) is 0.761. The Morgan fingerprint density at radius 3 is 2.45 bits per heavy atom. The van der Waals surface area contributed by atoms with Crippen LogP contribution < -0.4 is 4.74 Å². The fraction of sp³-hybridized carbons (Fsp3) is 0.200. The Morgan fingerprint density at radius 1 is 1.10 bits per heavy atom. The van der Waals surface area contributed by atoms with Crippen LogP contribution in [-0.2, 0) is 12.1 Å². The van der Waals surface area contributed by atoms with Gasteiger partial charge in [0.1, 0.15) is 12.4 Å². The van der Waals surface area contributed by atoms with Crippen molar-refractivity contribution in [1.29, 1.82) is 5.26 Å². The van der Waals surface area contributed by atoms with E-state index in [0.29, 0.717) is 28.5 Å². The molecule has 0 bridgehead atoms. The summed E-state index contributed by atoms with van der Waals surface area (Å²) in [5.74, 6) is 0.255. The summed E-state index contributed by atoms with van der Waals surface area (Å²) in [5, 5.41) is 10.4. The highest BCUT2D eigenvalue weighted by atomic mass is 35.5. The van der Waals surface area contributed by atoms with E-state index in [1.54, 1.807) is 47.4 Å². The van der Waals surface area contributed by atoms with Gasteiger partial charge in [0.05, 0.1) is 11.4 Å². The number of carbonyl (C=O) groups excluding carboxylic acids is 1. The van der Waals surface area contributed by atoms with Gasteiger partial charge in [-0.2, -0.15) is 5.26 Å². The van der Waals surface area contributed by atoms with Crippen molar-refractivity contribution < 1.29 is 9.53 Å². The summed E-state index contributed by atoms with van der Waals surface area (Å²) >= 11 is 12.8. The smallest absolute Gasteiger partial charge is 0.255 e.